The average Bonchev–Trinajstić information content (AvgIpc) is 2.86. The van der Waals surface area contributed by atoms with E-state index in [-0.39, 0.29) is 17.2 Å². The molecule has 0 aliphatic rings. The molecule has 2 aromatic rings. The zero-order valence-corrected chi connectivity index (χ0v) is 14.0. The minimum Gasteiger partial charge on any atom is -0.397 e. The summed E-state index contributed by atoms with van der Waals surface area (Å²) in [5.41, 5.74) is 1.38. The normalized spacial score (nSPS) is 13.1. The average molecular weight is 403 g/mol. The maximum Gasteiger partial charge on any atom is 0.459 e. The number of alkyl halides is 8. The zero-order valence-electron chi connectivity index (χ0n) is 14.0. The number of nitrogens with two attached hydrogens (primary N) is 1. The van der Waals surface area contributed by atoms with E-state index in [1.54, 1.807) is 0 Å². The van der Waals surface area contributed by atoms with Crippen molar-refractivity contribution >= 4 is 17.3 Å². The van der Waals surface area contributed by atoms with Gasteiger partial charge >= 0.3 is 18.3 Å². The predicted molar refractivity (Wildman–Crippen MR) is 79.6 cm³/mol. The summed E-state index contributed by atoms with van der Waals surface area (Å²) >= 11 is 0. The number of halogens is 8. The molecular formula is C14H13F8N5. The first-order chi connectivity index (χ1) is 12.1. The van der Waals surface area contributed by atoms with Gasteiger partial charge in [0.15, 0.2) is 5.69 Å². The highest BCUT2D eigenvalue weighted by molar-refractivity contribution is 5.64. The third-order valence-electron chi connectivity index (χ3n) is 3.73. The van der Waals surface area contributed by atoms with Crippen LogP contribution in [0.2, 0.25) is 0 Å². The van der Waals surface area contributed by atoms with Crippen molar-refractivity contribution in [3.05, 3.63) is 29.1 Å². The lowest BCUT2D eigenvalue weighted by atomic mass is 10.1. The Bertz CT molecular complexity index is 852. The van der Waals surface area contributed by atoms with Crippen molar-refractivity contribution in [3.63, 3.8) is 0 Å². The topological polar surface area (TPSA) is 60.0 Å². The van der Waals surface area contributed by atoms with E-state index in [2.05, 4.69) is 10.1 Å². The third-order valence-corrected chi connectivity index (χ3v) is 3.73. The van der Waals surface area contributed by atoms with Crippen molar-refractivity contribution in [3.8, 4) is 0 Å². The van der Waals surface area contributed by atoms with Gasteiger partial charge in [0.05, 0.1) is 11.4 Å². The molecular weight excluding hydrogens is 390 g/mol. The van der Waals surface area contributed by atoms with Crippen molar-refractivity contribution in [2.45, 2.75) is 25.2 Å². The second-order valence-electron chi connectivity index (χ2n) is 5.64. The molecule has 5 nitrogen and oxygen atoms in total. The van der Waals surface area contributed by atoms with Crippen LogP contribution in [0.5, 0.6) is 0 Å². The van der Waals surface area contributed by atoms with Crippen LogP contribution in [0.3, 0.4) is 0 Å². The molecule has 0 spiro atoms. The lowest BCUT2D eigenvalue weighted by Gasteiger charge is -2.23. The van der Waals surface area contributed by atoms with Crippen LogP contribution in [0, 0.1) is 6.92 Å². The van der Waals surface area contributed by atoms with Crippen LogP contribution in [0.15, 0.2) is 12.1 Å². The number of hydrogen-bond acceptors (Lipinski definition) is 4. The van der Waals surface area contributed by atoms with E-state index >= 15 is 0 Å². The molecule has 0 aromatic carbocycles. The summed E-state index contributed by atoms with van der Waals surface area (Å²) in [6.45, 7) is 1.45. The van der Waals surface area contributed by atoms with Crippen LogP contribution in [0.1, 0.15) is 17.0 Å². The van der Waals surface area contributed by atoms with E-state index in [9.17, 15) is 35.1 Å². The van der Waals surface area contributed by atoms with E-state index in [0.29, 0.717) is 9.58 Å². The summed E-state index contributed by atoms with van der Waals surface area (Å²) < 4.78 is 106. The molecule has 0 bridgehead atoms. The Hall–Kier alpha value is -2.60. The molecule has 27 heavy (non-hydrogen) atoms. The standard InChI is InChI=1S/C14H13F8N5/c1-6-7(23)4-5-8(24-6)26(2)11-9(13(17,18)19)10(25-27(11)3)12(15,16)14(20,21)22/h4-5H,23H2,1-3H3. The van der Waals surface area contributed by atoms with Crippen molar-refractivity contribution in [2.75, 3.05) is 17.7 Å². The first-order valence-electron chi connectivity index (χ1n) is 7.15. The fourth-order valence-electron chi connectivity index (χ4n) is 2.37. The number of aromatic nitrogens is 3. The van der Waals surface area contributed by atoms with Crippen molar-refractivity contribution in [2.24, 2.45) is 7.05 Å². The Balaban J connectivity index is 2.76. The van der Waals surface area contributed by atoms with E-state index in [0.717, 1.165) is 14.1 Å². The molecule has 0 fully saturated rings. The minimum atomic E-state index is -6.26. The summed E-state index contributed by atoms with van der Waals surface area (Å²) in [6.07, 6.45) is -11.8. The summed E-state index contributed by atoms with van der Waals surface area (Å²) in [4.78, 5) is 4.62. The smallest absolute Gasteiger partial charge is 0.397 e. The first kappa shape index (κ1) is 20.7. The summed E-state index contributed by atoms with van der Waals surface area (Å²) in [7, 11) is 1.85. The maximum atomic E-state index is 13.7. The monoisotopic (exact) mass is 403 g/mol. The second kappa shape index (κ2) is 6.23. The Kier molecular flexibility index (Phi) is 4.78. The van der Waals surface area contributed by atoms with Crippen molar-refractivity contribution < 1.29 is 35.1 Å². The summed E-state index contributed by atoms with van der Waals surface area (Å²) in [5.74, 6) is -6.99. The zero-order chi connectivity index (χ0) is 20.9. The van der Waals surface area contributed by atoms with E-state index < -0.39 is 35.4 Å². The van der Waals surface area contributed by atoms with Crippen LogP contribution in [0.4, 0.5) is 52.4 Å². The van der Waals surface area contributed by atoms with E-state index in [1.807, 2.05) is 0 Å². The van der Waals surface area contributed by atoms with Crippen LogP contribution in [-0.4, -0.2) is 28.0 Å². The molecule has 2 aromatic heterocycles. The largest absolute Gasteiger partial charge is 0.459 e. The number of nitrogen functional groups attached to an aromatic ring is 1. The lowest BCUT2D eigenvalue weighted by Crippen LogP contribution is -2.36. The molecule has 2 rings (SSSR count). The number of anilines is 3. The van der Waals surface area contributed by atoms with Gasteiger partial charge in [-0.1, -0.05) is 0 Å². The van der Waals surface area contributed by atoms with Gasteiger partial charge in [-0.05, 0) is 19.1 Å². The Morgan fingerprint density at radius 2 is 1.59 bits per heavy atom. The Morgan fingerprint density at radius 1 is 1.04 bits per heavy atom. The molecule has 0 saturated heterocycles. The number of aryl methyl sites for hydroxylation is 2. The van der Waals surface area contributed by atoms with Gasteiger partial charge in [0.2, 0.25) is 0 Å². The molecule has 0 atom stereocenters. The highest BCUT2D eigenvalue weighted by Crippen LogP contribution is 2.50. The molecule has 0 unspecified atom stereocenters. The Morgan fingerprint density at radius 3 is 2.04 bits per heavy atom. The van der Waals surface area contributed by atoms with E-state index in [4.69, 9.17) is 5.73 Å². The van der Waals surface area contributed by atoms with Crippen LogP contribution >= 0.6 is 0 Å². The summed E-state index contributed by atoms with van der Waals surface area (Å²) in [5, 5.41) is 2.83. The lowest BCUT2D eigenvalue weighted by molar-refractivity contribution is -0.292. The van der Waals surface area contributed by atoms with Crippen molar-refractivity contribution in [1.82, 2.24) is 14.8 Å². The molecule has 0 amide bonds. The first-order valence-corrected chi connectivity index (χ1v) is 7.15. The molecule has 0 saturated carbocycles. The van der Waals surface area contributed by atoms with Gasteiger partial charge in [-0.2, -0.15) is 40.2 Å². The molecule has 2 N–H and O–H groups in total. The molecule has 150 valence electrons. The van der Waals surface area contributed by atoms with Gasteiger partial charge in [-0.15, -0.1) is 0 Å². The van der Waals surface area contributed by atoms with Crippen LogP contribution in [-0.2, 0) is 19.1 Å². The SMILES string of the molecule is Cc1nc(N(C)c2c(C(F)(F)F)c(C(F)(F)C(F)(F)F)nn2C)ccc1N. The van der Waals surface area contributed by atoms with Gasteiger partial charge in [0.25, 0.3) is 0 Å². The molecule has 0 aliphatic carbocycles. The second-order valence-corrected chi connectivity index (χ2v) is 5.64. The van der Waals surface area contributed by atoms with Gasteiger partial charge in [0.1, 0.15) is 17.2 Å². The van der Waals surface area contributed by atoms with Gasteiger partial charge in [-0.25, -0.2) is 4.98 Å². The molecule has 0 radical (unpaired) electrons. The van der Waals surface area contributed by atoms with Gasteiger partial charge in [-0.3, -0.25) is 4.68 Å². The fourth-order valence-corrected chi connectivity index (χ4v) is 2.37. The number of hydrogen-bond donors (Lipinski definition) is 1. The molecule has 0 aliphatic heterocycles. The van der Waals surface area contributed by atoms with Gasteiger partial charge in [0, 0.05) is 14.1 Å². The minimum absolute atomic E-state index is 0.155. The number of nitrogens with zero attached hydrogens (tertiary/aromatic N) is 4. The highest BCUT2D eigenvalue weighted by atomic mass is 19.4. The Labute approximate surface area is 147 Å². The fraction of sp³-hybridized carbons (Fsp3) is 0.429. The molecule has 2 heterocycles. The highest BCUT2D eigenvalue weighted by Gasteiger charge is 2.64. The van der Waals surface area contributed by atoms with Crippen molar-refractivity contribution in [1.29, 1.82) is 0 Å². The van der Waals surface area contributed by atoms with Crippen LogP contribution in [0.25, 0.3) is 0 Å². The molecule has 13 heteroatoms. The van der Waals surface area contributed by atoms with E-state index in [1.165, 1.54) is 19.1 Å². The summed E-state index contributed by atoms with van der Waals surface area (Å²) in [6, 6.07) is 2.50. The quantitative estimate of drug-likeness (QED) is 0.783. The van der Waals surface area contributed by atoms with Crippen LogP contribution < -0.4 is 10.6 Å². The third kappa shape index (κ3) is 3.49. The number of rotatable bonds is 3. The maximum absolute atomic E-state index is 13.7. The predicted octanol–water partition coefficient (Wildman–Crippen LogP) is 4.15. The number of pyridine rings is 1. The van der Waals surface area contributed by atoms with Gasteiger partial charge < -0.3 is 10.6 Å².